The summed E-state index contributed by atoms with van der Waals surface area (Å²) in [6, 6.07) is 12.4. The molecule has 0 fully saturated rings. The summed E-state index contributed by atoms with van der Waals surface area (Å²) in [6.45, 7) is -0.0527. The largest absolute Gasteiger partial charge is 0.504 e. The monoisotopic (exact) mass is 284 g/mol. The van der Waals surface area contributed by atoms with Crippen LogP contribution in [0.4, 0.5) is 5.69 Å². The molecule has 0 saturated carbocycles. The van der Waals surface area contributed by atoms with Gasteiger partial charge in [-0.1, -0.05) is 6.07 Å². The maximum Gasteiger partial charge on any atom is 0.259 e. The summed E-state index contributed by atoms with van der Waals surface area (Å²) in [4.78, 5) is 12.0. The van der Waals surface area contributed by atoms with Gasteiger partial charge in [-0.3, -0.25) is 4.79 Å². The molecule has 106 valence electrons. The number of hydrogen-bond donors (Lipinski definition) is 3. The van der Waals surface area contributed by atoms with Crippen LogP contribution in [-0.4, -0.2) is 22.7 Å². The number of hydrogen-bond acceptors (Lipinski definition) is 5. The lowest BCUT2D eigenvalue weighted by Crippen LogP contribution is -2.12. The number of amides is 1. The number of nitrogens with zero attached hydrogens (tertiary/aromatic N) is 1. The van der Waals surface area contributed by atoms with Crippen molar-refractivity contribution in [3.63, 3.8) is 0 Å². The first-order chi connectivity index (χ1) is 10.1. The highest BCUT2D eigenvalue weighted by Crippen LogP contribution is 2.28. The van der Waals surface area contributed by atoms with Crippen LogP contribution < -0.4 is 10.1 Å². The number of carbonyl (C=O) groups excluding carboxylic acids is 1. The van der Waals surface area contributed by atoms with Crippen molar-refractivity contribution in [2.75, 3.05) is 11.9 Å². The lowest BCUT2D eigenvalue weighted by atomic mass is 10.1. The second-order valence-electron chi connectivity index (χ2n) is 4.10. The first-order valence-electron chi connectivity index (χ1n) is 6.04. The molecule has 0 bridgehead atoms. The van der Waals surface area contributed by atoms with Gasteiger partial charge in [-0.15, -0.1) is 0 Å². The van der Waals surface area contributed by atoms with Crippen LogP contribution in [0.3, 0.4) is 0 Å². The number of aromatic hydroxyl groups is 2. The molecule has 6 heteroatoms. The van der Waals surface area contributed by atoms with Crippen LogP contribution in [0.25, 0.3) is 0 Å². The second kappa shape index (κ2) is 6.30. The smallest absolute Gasteiger partial charge is 0.259 e. The van der Waals surface area contributed by atoms with E-state index in [-0.39, 0.29) is 17.9 Å². The molecule has 2 rings (SSSR count). The minimum absolute atomic E-state index is 0.0280. The molecule has 0 unspecified atom stereocenters. The van der Waals surface area contributed by atoms with Gasteiger partial charge < -0.3 is 20.3 Å². The first kappa shape index (κ1) is 14.2. The number of anilines is 1. The highest BCUT2D eigenvalue weighted by Gasteiger charge is 2.13. The van der Waals surface area contributed by atoms with Crippen molar-refractivity contribution in [2.45, 2.75) is 0 Å². The van der Waals surface area contributed by atoms with Crippen LogP contribution in [0.2, 0.25) is 0 Å². The normalized spacial score (nSPS) is 9.67. The summed E-state index contributed by atoms with van der Waals surface area (Å²) in [5.41, 5.74) is 0.465. The lowest BCUT2D eigenvalue weighted by Gasteiger charge is -2.08. The van der Waals surface area contributed by atoms with Gasteiger partial charge in [0, 0.05) is 5.69 Å². The number of ether oxygens (including phenoxy) is 1. The molecule has 0 aliphatic heterocycles. The zero-order chi connectivity index (χ0) is 15.2. The summed E-state index contributed by atoms with van der Waals surface area (Å²) in [5, 5.41) is 30.0. The fourth-order valence-electron chi connectivity index (χ4n) is 1.66. The van der Waals surface area contributed by atoms with Crippen molar-refractivity contribution in [2.24, 2.45) is 0 Å². The molecule has 2 aromatic rings. The molecule has 0 aromatic heterocycles. The zero-order valence-corrected chi connectivity index (χ0v) is 10.9. The highest BCUT2D eigenvalue weighted by atomic mass is 16.5. The third kappa shape index (κ3) is 3.42. The van der Waals surface area contributed by atoms with Gasteiger partial charge in [0.05, 0.1) is 5.56 Å². The molecular formula is C15H12N2O4. The average molecular weight is 284 g/mol. The van der Waals surface area contributed by atoms with Gasteiger partial charge in [-0.05, 0) is 36.4 Å². The molecule has 0 saturated heterocycles. The Morgan fingerprint density at radius 1 is 1.19 bits per heavy atom. The molecule has 3 N–H and O–H groups in total. The summed E-state index contributed by atoms with van der Waals surface area (Å²) in [6.07, 6.45) is 0. The van der Waals surface area contributed by atoms with Crippen molar-refractivity contribution in [3.05, 3.63) is 48.0 Å². The Morgan fingerprint density at radius 2 is 1.90 bits per heavy atom. The van der Waals surface area contributed by atoms with E-state index in [1.807, 2.05) is 6.07 Å². The average Bonchev–Trinajstić information content (AvgIpc) is 2.49. The van der Waals surface area contributed by atoms with Gasteiger partial charge in [0.25, 0.3) is 5.91 Å². The van der Waals surface area contributed by atoms with E-state index in [9.17, 15) is 15.0 Å². The molecule has 0 aliphatic carbocycles. The van der Waals surface area contributed by atoms with Crippen molar-refractivity contribution in [3.8, 4) is 23.3 Å². The predicted octanol–water partition coefficient (Wildman–Crippen LogP) is 2.25. The lowest BCUT2D eigenvalue weighted by molar-refractivity contribution is 0.102. The van der Waals surface area contributed by atoms with Crippen LogP contribution in [0.1, 0.15) is 10.4 Å². The van der Waals surface area contributed by atoms with Gasteiger partial charge in [0.1, 0.15) is 11.8 Å². The molecule has 1 amide bonds. The summed E-state index contributed by atoms with van der Waals surface area (Å²) >= 11 is 0. The molecule has 2 aromatic carbocycles. The van der Waals surface area contributed by atoms with E-state index < -0.39 is 11.7 Å². The summed E-state index contributed by atoms with van der Waals surface area (Å²) in [5.74, 6) is -0.865. The van der Waals surface area contributed by atoms with Crippen LogP contribution in [-0.2, 0) is 0 Å². The first-order valence-corrected chi connectivity index (χ1v) is 6.04. The summed E-state index contributed by atoms with van der Waals surface area (Å²) in [7, 11) is 0. The van der Waals surface area contributed by atoms with E-state index in [2.05, 4.69) is 5.32 Å². The number of rotatable bonds is 4. The number of nitriles is 1. The topological polar surface area (TPSA) is 103 Å². The quantitative estimate of drug-likeness (QED) is 0.747. The molecule has 0 spiro atoms. The number of phenols is 2. The number of phenolic OH excluding ortho intramolecular Hbond substituents is 2. The minimum Gasteiger partial charge on any atom is -0.504 e. The van der Waals surface area contributed by atoms with Crippen LogP contribution in [0, 0.1) is 11.3 Å². The number of carbonyl (C=O) groups is 1. The van der Waals surface area contributed by atoms with Crippen LogP contribution >= 0.6 is 0 Å². The van der Waals surface area contributed by atoms with Crippen molar-refractivity contribution in [1.82, 2.24) is 0 Å². The molecule has 6 nitrogen and oxygen atoms in total. The molecular weight excluding hydrogens is 272 g/mol. The van der Waals surface area contributed by atoms with E-state index in [4.69, 9.17) is 10.00 Å². The highest BCUT2D eigenvalue weighted by molar-refractivity contribution is 6.06. The Bertz CT molecular complexity index is 690. The standard InChI is InChI=1S/C15H12N2O4/c16-8-9-21-11-6-4-10(5-7-11)17-15(20)12-2-1-3-13(18)14(12)19/h1-7,18-19H,9H2,(H,17,20). The molecule has 0 aliphatic rings. The summed E-state index contributed by atoms with van der Waals surface area (Å²) < 4.78 is 5.09. The Labute approximate surface area is 120 Å². The molecule has 0 atom stereocenters. The fourth-order valence-corrected chi connectivity index (χ4v) is 1.66. The fraction of sp³-hybridized carbons (Fsp3) is 0.0667. The Morgan fingerprint density at radius 3 is 2.57 bits per heavy atom. The van der Waals surface area contributed by atoms with Crippen LogP contribution in [0.5, 0.6) is 17.2 Å². The van der Waals surface area contributed by atoms with Gasteiger partial charge in [0.2, 0.25) is 0 Å². The third-order valence-electron chi connectivity index (χ3n) is 2.67. The second-order valence-corrected chi connectivity index (χ2v) is 4.10. The van der Waals surface area contributed by atoms with E-state index in [1.54, 1.807) is 24.3 Å². The van der Waals surface area contributed by atoms with Gasteiger partial charge in [-0.2, -0.15) is 5.26 Å². The molecule has 21 heavy (non-hydrogen) atoms. The van der Waals surface area contributed by atoms with E-state index in [1.165, 1.54) is 18.2 Å². The minimum atomic E-state index is -0.547. The molecule has 0 radical (unpaired) electrons. The van der Waals surface area contributed by atoms with Crippen LogP contribution in [0.15, 0.2) is 42.5 Å². The van der Waals surface area contributed by atoms with Crippen molar-refractivity contribution >= 4 is 11.6 Å². The SMILES string of the molecule is N#CCOc1ccc(NC(=O)c2cccc(O)c2O)cc1. The van der Waals surface area contributed by atoms with Gasteiger partial charge in [-0.25, -0.2) is 0 Å². The number of nitrogens with one attached hydrogen (secondary N) is 1. The molecule has 0 heterocycles. The van der Waals surface area contributed by atoms with Gasteiger partial charge >= 0.3 is 0 Å². The van der Waals surface area contributed by atoms with Gasteiger partial charge in [0.15, 0.2) is 18.1 Å². The van der Waals surface area contributed by atoms with E-state index in [0.717, 1.165) is 0 Å². The maximum atomic E-state index is 12.0. The Hall–Kier alpha value is -3.20. The number of benzene rings is 2. The maximum absolute atomic E-state index is 12.0. The zero-order valence-electron chi connectivity index (χ0n) is 10.9. The van der Waals surface area contributed by atoms with E-state index >= 15 is 0 Å². The van der Waals surface area contributed by atoms with Crippen molar-refractivity contribution < 1.29 is 19.7 Å². The number of para-hydroxylation sites is 1. The third-order valence-corrected chi connectivity index (χ3v) is 2.67. The Kier molecular flexibility index (Phi) is 4.26. The van der Waals surface area contributed by atoms with Crippen molar-refractivity contribution in [1.29, 1.82) is 5.26 Å². The van der Waals surface area contributed by atoms with E-state index in [0.29, 0.717) is 11.4 Å². The Balaban J connectivity index is 2.09. The predicted molar refractivity (Wildman–Crippen MR) is 75.3 cm³/mol.